The number of unbranched alkanes of at least 4 members (excludes halogenated alkanes) is 1. The molecule has 0 aliphatic carbocycles. The van der Waals surface area contributed by atoms with Crippen molar-refractivity contribution < 1.29 is 14.6 Å². The highest BCUT2D eigenvalue weighted by Crippen LogP contribution is 2.25. The van der Waals surface area contributed by atoms with Gasteiger partial charge in [0, 0.05) is 23.5 Å². The number of nitrogens with zero attached hydrogens (tertiary/aromatic N) is 1. The molecule has 1 aliphatic heterocycles. The zero-order valence-corrected chi connectivity index (χ0v) is 17.2. The van der Waals surface area contributed by atoms with Gasteiger partial charge in [-0.25, -0.2) is 0 Å². The van der Waals surface area contributed by atoms with E-state index in [-0.39, 0.29) is 11.9 Å². The van der Waals surface area contributed by atoms with E-state index in [1.54, 1.807) is 0 Å². The Morgan fingerprint density at radius 2 is 1.88 bits per heavy atom. The zero-order valence-electron chi connectivity index (χ0n) is 16.4. The molecule has 0 radical (unpaired) electrons. The summed E-state index contributed by atoms with van der Waals surface area (Å²) in [4.78, 5) is 16.4. The molecule has 5 heteroatoms. The topological polar surface area (TPSA) is 49.8 Å². The molecule has 2 rings (SSSR count). The van der Waals surface area contributed by atoms with Crippen LogP contribution in [0.1, 0.15) is 56.8 Å². The minimum absolute atomic E-state index is 0.153. The van der Waals surface area contributed by atoms with E-state index in [4.69, 9.17) is 4.74 Å². The number of morpholine rings is 1. The lowest BCUT2D eigenvalue weighted by atomic mass is 9.91. The maximum absolute atomic E-state index is 13.0. The Hall–Kier alpha value is -0.880. The van der Waals surface area contributed by atoms with E-state index >= 15 is 0 Å². The summed E-state index contributed by atoms with van der Waals surface area (Å²) in [5.74, 6) is 1.22. The number of aliphatic hydroxyl groups is 1. The lowest BCUT2D eigenvalue weighted by Crippen LogP contribution is -2.54. The molecule has 146 valence electrons. The molecule has 0 bridgehead atoms. The molecule has 0 spiro atoms. The van der Waals surface area contributed by atoms with Gasteiger partial charge in [-0.1, -0.05) is 25.5 Å². The smallest absolute Gasteiger partial charge is 0.182 e. The second-order valence-corrected chi connectivity index (χ2v) is 8.59. The Labute approximate surface area is 162 Å². The van der Waals surface area contributed by atoms with Crippen molar-refractivity contribution in [3.8, 4) is 0 Å². The van der Waals surface area contributed by atoms with Crippen LogP contribution in [0.3, 0.4) is 0 Å². The summed E-state index contributed by atoms with van der Waals surface area (Å²) >= 11 is 1.82. The quantitative estimate of drug-likeness (QED) is 0.378. The average Bonchev–Trinajstić information content (AvgIpc) is 2.68. The van der Waals surface area contributed by atoms with Crippen LogP contribution >= 0.6 is 11.8 Å². The molecule has 1 fully saturated rings. The van der Waals surface area contributed by atoms with Gasteiger partial charge in [-0.15, -0.1) is 11.8 Å². The van der Waals surface area contributed by atoms with Crippen molar-refractivity contribution in [3.63, 3.8) is 0 Å². The molecule has 1 unspecified atom stereocenters. The average molecular weight is 380 g/mol. The standard InChI is InChI=1S/C21H33NO3S/c1-4-18(23)7-5-6-16-26-19-10-8-17(9-11-19)20(24)21(2,3)22-12-14-25-15-13-22/h8-11,18,23H,4-7,12-16H2,1-3H3. The SMILES string of the molecule is CCC(O)CCCCSc1ccc(C(=O)C(C)(C)N2CCOCC2)cc1. The Morgan fingerprint density at radius 1 is 1.23 bits per heavy atom. The number of hydrogen-bond donors (Lipinski definition) is 1. The lowest BCUT2D eigenvalue weighted by molar-refractivity contribution is -0.00430. The van der Waals surface area contributed by atoms with Gasteiger partial charge >= 0.3 is 0 Å². The molecule has 1 aliphatic rings. The zero-order chi connectivity index (χ0) is 19.0. The van der Waals surface area contributed by atoms with Gasteiger partial charge in [0.05, 0.1) is 24.9 Å². The van der Waals surface area contributed by atoms with E-state index in [0.717, 1.165) is 50.1 Å². The van der Waals surface area contributed by atoms with Gasteiger partial charge in [-0.2, -0.15) is 0 Å². The number of thioether (sulfide) groups is 1. The van der Waals surface area contributed by atoms with Crippen LogP contribution in [0.4, 0.5) is 0 Å². The third kappa shape index (κ3) is 6.08. The molecule has 0 amide bonds. The molecule has 1 aromatic carbocycles. The predicted octanol–water partition coefficient (Wildman–Crippen LogP) is 4.01. The highest BCUT2D eigenvalue weighted by molar-refractivity contribution is 7.99. The lowest BCUT2D eigenvalue weighted by Gasteiger charge is -2.39. The van der Waals surface area contributed by atoms with Crippen LogP contribution in [0.2, 0.25) is 0 Å². The van der Waals surface area contributed by atoms with Gasteiger partial charge in [-0.05, 0) is 51.0 Å². The molecule has 1 heterocycles. The first-order chi connectivity index (χ1) is 12.4. The number of rotatable bonds is 10. The molecular weight excluding hydrogens is 346 g/mol. The number of carbonyl (C=O) groups is 1. The van der Waals surface area contributed by atoms with Gasteiger partial charge in [0.15, 0.2) is 5.78 Å². The van der Waals surface area contributed by atoms with Crippen molar-refractivity contribution in [2.75, 3.05) is 32.1 Å². The van der Waals surface area contributed by atoms with Crippen LogP contribution in [0.5, 0.6) is 0 Å². The van der Waals surface area contributed by atoms with E-state index in [2.05, 4.69) is 4.90 Å². The molecular formula is C21H33NO3S. The van der Waals surface area contributed by atoms with E-state index < -0.39 is 5.54 Å². The second-order valence-electron chi connectivity index (χ2n) is 7.42. The molecule has 1 atom stereocenters. The molecule has 0 saturated carbocycles. The predicted molar refractivity (Wildman–Crippen MR) is 108 cm³/mol. The maximum atomic E-state index is 13.0. The van der Waals surface area contributed by atoms with Crippen molar-refractivity contribution in [1.82, 2.24) is 4.90 Å². The highest BCUT2D eigenvalue weighted by Gasteiger charge is 2.35. The summed E-state index contributed by atoms with van der Waals surface area (Å²) in [5, 5.41) is 9.57. The summed E-state index contributed by atoms with van der Waals surface area (Å²) < 4.78 is 5.40. The summed E-state index contributed by atoms with van der Waals surface area (Å²) in [6.07, 6.45) is 3.74. The van der Waals surface area contributed by atoms with Crippen molar-refractivity contribution in [2.24, 2.45) is 0 Å². The normalized spacial score (nSPS) is 17.2. The molecule has 26 heavy (non-hydrogen) atoms. The first kappa shape index (κ1) is 21.4. The van der Waals surface area contributed by atoms with Crippen LogP contribution in [-0.4, -0.2) is 59.5 Å². The van der Waals surface area contributed by atoms with Gasteiger partial charge in [0.25, 0.3) is 0 Å². The molecule has 0 aromatic heterocycles. The third-order valence-corrected chi connectivity index (χ3v) is 6.24. The van der Waals surface area contributed by atoms with Gasteiger partial charge in [0.2, 0.25) is 0 Å². The van der Waals surface area contributed by atoms with Crippen LogP contribution < -0.4 is 0 Å². The van der Waals surface area contributed by atoms with E-state index in [9.17, 15) is 9.90 Å². The number of ether oxygens (including phenoxy) is 1. The Kier molecular flexibility index (Phi) is 8.61. The summed E-state index contributed by atoms with van der Waals surface area (Å²) in [5.41, 5.74) is 0.273. The molecule has 1 aromatic rings. The van der Waals surface area contributed by atoms with Crippen molar-refractivity contribution >= 4 is 17.5 Å². The van der Waals surface area contributed by atoms with Gasteiger partial charge < -0.3 is 9.84 Å². The van der Waals surface area contributed by atoms with Gasteiger partial charge in [-0.3, -0.25) is 9.69 Å². The largest absolute Gasteiger partial charge is 0.393 e. The maximum Gasteiger partial charge on any atom is 0.182 e. The number of ketones is 1. The van der Waals surface area contributed by atoms with E-state index in [1.165, 1.54) is 4.90 Å². The molecule has 1 N–H and O–H groups in total. The first-order valence-electron chi connectivity index (χ1n) is 9.73. The number of Topliss-reactive ketones (excluding diaryl/α,β-unsaturated/α-hetero) is 1. The monoisotopic (exact) mass is 379 g/mol. The molecule has 1 saturated heterocycles. The number of benzene rings is 1. The van der Waals surface area contributed by atoms with Crippen molar-refractivity contribution in [1.29, 1.82) is 0 Å². The van der Waals surface area contributed by atoms with Crippen molar-refractivity contribution in [2.45, 2.75) is 63.0 Å². The van der Waals surface area contributed by atoms with Crippen LogP contribution in [-0.2, 0) is 4.74 Å². The fourth-order valence-electron chi connectivity index (χ4n) is 3.20. The Morgan fingerprint density at radius 3 is 2.50 bits per heavy atom. The Balaban J connectivity index is 1.83. The number of carbonyl (C=O) groups excluding carboxylic acids is 1. The highest BCUT2D eigenvalue weighted by atomic mass is 32.2. The fraction of sp³-hybridized carbons (Fsp3) is 0.667. The minimum Gasteiger partial charge on any atom is -0.393 e. The van der Waals surface area contributed by atoms with Crippen molar-refractivity contribution in [3.05, 3.63) is 29.8 Å². The fourth-order valence-corrected chi connectivity index (χ4v) is 4.11. The van der Waals surface area contributed by atoms with Crippen LogP contribution in [0, 0.1) is 0 Å². The first-order valence-corrected chi connectivity index (χ1v) is 10.7. The van der Waals surface area contributed by atoms with E-state index in [0.29, 0.717) is 13.2 Å². The summed E-state index contributed by atoms with van der Waals surface area (Å²) in [7, 11) is 0. The summed E-state index contributed by atoms with van der Waals surface area (Å²) in [6.45, 7) is 9.03. The number of hydrogen-bond acceptors (Lipinski definition) is 5. The summed E-state index contributed by atoms with van der Waals surface area (Å²) in [6, 6.07) is 8.00. The second kappa shape index (κ2) is 10.5. The van der Waals surface area contributed by atoms with Crippen LogP contribution in [0.15, 0.2) is 29.2 Å². The number of aliphatic hydroxyl groups excluding tert-OH is 1. The minimum atomic E-state index is -0.501. The van der Waals surface area contributed by atoms with Crippen LogP contribution in [0.25, 0.3) is 0 Å². The molecule has 4 nitrogen and oxygen atoms in total. The Bertz CT molecular complexity index is 553. The van der Waals surface area contributed by atoms with E-state index in [1.807, 2.05) is 56.8 Å². The third-order valence-electron chi connectivity index (χ3n) is 5.15. The van der Waals surface area contributed by atoms with Gasteiger partial charge in [0.1, 0.15) is 0 Å².